The summed E-state index contributed by atoms with van der Waals surface area (Å²) in [6.45, 7) is 2.72. The second-order valence-electron chi connectivity index (χ2n) is 5.77. The normalized spacial score (nSPS) is 14.5. The van der Waals surface area contributed by atoms with Crippen molar-refractivity contribution in [2.45, 2.75) is 24.2 Å². The number of anilines is 1. The molecule has 2 aromatic carbocycles. The molecule has 1 aliphatic heterocycles. The smallest absolute Gasteiger partial charge is 0.251 e. The molecular formula is C19H20N2O2S. The molecule has 0 fully saturated rings. The molecule has 0 saturated carbocycles. The summed E-state index contributed by atoms with van der Waals surface area (Å²) in [7, 11) is 0. The molecule has 5 heteroatoms. The quantitative estimate of drug-likeness (QED) is 0.873. The van der Waals surface area contributed by atoms with Crippen LogP contribution in [0.15, 0.2) is 53.4 Å². The monoisotopic (exact) mass is 340 g/mol. The van der Waals surface area contributed by atoms with E-state index >= 15 is 0 Å². The van der Waals surface area contributed by atoms with Crippen molar-refractivity contribution in [2.75, 3.05) is 17.6 Å². The Morgan fingerprint density at radius 3 is 2.79 bits per heavy atom. The highest BCUT2D eigenvalue weighted by molar-refractivity contribution is 8.00. The Bertz CT molecular complexity index is 746. The maximum absolute atomic E-state index is 12.4. The van der Waals surface area contributed by atoms with Crippen LogP contribution in [0, 0.1) is 0 Å². The first kappa shape index (κ1) is 16.6. The Morgan fingerprint density at radius 2 is 2.04 bits per heavy atom. The van der Waals surface area contributed by atoms with E-state index in [4.69, 9.17) is 0 Å². The maximum atomic E-state index is 12.4. The summed E-state index contributed by atoms with van der Waals surface area (Å²) in [5.74, 6) is 0.577. The van der Waals surface area contributed by atoms with Gasteiger partial charge in [0.05, 0.1) is 11.4 Å². The van der Waals surface area contributed by atoms with Crippen LogP contribution in [0.4, 0.5) is 5.69 Å². The molecule has 0 spiro atoms. The summed E-state index contributed by atoms with van der Waals surface area (Å²) >= 11 is 1.49. The zero-order chi connectivity index (χ0) is 16.9. The molecule has 0 aromatic heterocycles. The Kier molecular flexibility index (Phi) is 5.20. The number of amides is 2. The minimum Gasteiger partial charge on any atom is -0.351 e. The molecule has 0 radical (unpaired) electrons. The second kappa shape index (κ2) is 7.53. The number of nitrogens with one attached hydrogen (secondary N) is 2. The van der Waals surface area contributed by atoms with Gasteiger partial charge in [0.1, 0.15) is 0 Å². The molecule has 0 aliphatic carbocycles. The maximum Gasteiger partial charge on any atom is 0.251 e. The van der Waals surface area contributed by atoms with Gasteiger partial charge in [-0.1, -0.05) is 37.3 Å². The van der Waals surface area contributed by atoms with Crippen molar-refractivity contribution in [2.24, 2.45) is 0 Å². The van der Waals surface area contributed by atoms with E-state index in [1.165, 1.54) is 17.3 Å². The highest BCUT2D eigenvalue weighted by atomic mass is 32.2. The van der Waals surface area contributed by atoms with Gasteiger partial charge in [-0.15, -0.1) is 11.8 Å². The van der Waals surface area contributed by atoms with E-state index < -0.39 is 0 Å². The van der Waals surface area contributed by atoms with Crippen molar-refractivity contribution >= 4 is 29.3 Å². The molecule has 1 atom stereocenters. The van der Waals surface area contributed by atoms with E-state index in [0.717, 1.165) is 17.0 Å². The SMILES string of the molecule is CC[C@H](CNC(=O)c1ccc2c(c1)NC(=O)CS2)c1ccccc1. The molecule has 124 valence electrons. The second-order valence-corrected chi connectivity index (χ2v) is 6.79. The van der Waals surface area contributed by atoms with Crippen LogP contribution in [0.3, 0.4) is 0 Å². The molecule has 3 rings (SSSR count). The average molecular weight is 340 g/mol. The Balaban J connectivity index is 1.67. The minimum atomic E-state index is -0.114. The molecule has 1 aliphatic rings. The average Bonchev–Trinajstić information content (AvgIpc) is 2.62. The van der Waals surface area contributed by atoms with E-state index in [1.54, 1.807) is 6.07 Å². The molecular weight excluding hydrogens is 320 g/mol. The standard InChI is InChI=1S/C19H20N2O2S/c1-2-13(14-6-4-3-5-7-14)11-20-19(23)15-8-9-17-16(10-15)21-18(22)12-24-17/h3-10,13H,2,11-12H2,1H3,(H,20,23)(H,21,22)/t13-/m1/s1. The Morgan fingerprint density at radius 1 is 1.25 bits per heavy atom. The van der Waals surface area contributed by atoms with E-state index in [0.29, 0.717) is 23.8 Å². The van der Waals surface area contributed by atoms with Gasteiger partial charge in [0, 0.05) is 22.9 Å². The third-order valence-electron chi connectivity index (χ3n) is 4.15. The van der Waals surface area contributed by atoms with Crippen molar-refractivity contribution < 1.29 is 9.59 Å². The first-order valence-electron chi connectivity index (χ1n) is 8.07. The number of benzene rings is 2. The summed E-state index contributed by atoms with van der Waals surface area (Å²) < 4.78 is 0. The molecule has 2 aromatic rings. The summed E-state index contributed by atoms with van der Waals surface area (Å²) in [6.07, 6.45) is 0.960. The largest absolute Gasteiger partial charge is 0.351 e. The third kappa shape index (κ3) is 3.79. The number of hydrogen-bond donors (Lipinski definition) is 2. The fourth-order valence-electron chi connectivity index (χ4n) is 2.77. The molecule has 24 heavy (non-hydrogen) atoms. The summed E-state index contributed by atoms with van der Waals surface area (Å²) in [5.41, 5.74) is 2.52. The first-order valence-corrected chi connectivity index (χ1v) is 9.05. The highest BCUT2D eigenvalue weighted by Crippen LogP contribution is 2.32. The van der Waals surface area contributed by atoms with Crippen LogP contribution >= 0.6 is 11.8 Å². The molecule has 4 nitrogen and oxygen atoms in total. The summed E-state index contributed by atoms with van der Waals surface area (Å²) in [5, 5.41) is 5.83. The summed E-state index contributed by atoms with van der Waals surface area (Å²) in [4.78, 5) is 24.9. The molecule has 0 saturated heterocycles. The number of fused-ring (bicyclic) bond motifs is 1. The Hall–Kier alpha value is -2.27. The predicted octanol–water partition coefficient (Wildman–Crippen LogP) is 3.65. The van der Waals surface area contributed by atoms with Crippen molar-refractivity contribution in [3.63, 3.8) is 0 Å². The molecule has 2 amide bonds. The zero-order valence-electron chi connectivity index (χ0n) is 13.5. The van der Waals surface area contributed by atoms with Crippen LogP contribution < -0.4 is 10.6 Å². The first-order chi connectivity index (χ1) is 11.7. The van der Waals surface area contributed by atoms with Crippen LogP contribution in [-0.4, -0.2) is 24.1 Å². The number of carbonyl (C=O) groups is 2. The number of hydrogen-bond acceptors (Lipinski definition) is 3. The van der Waals surface area contributed by atoms with Gasteiger partial charge < -0.3 is 10.6 Å². The van der Waals surface area contributed by atoms with Crippen LogP contribution in [0.2, 0.25) is 0 Å². The van der Waals surface area contributed by atoms with Gasteiger partial charge in [0.15, 0.2) is 0 Å². The summed E-state index contributed by atoms with van der Waals surface area (Å²) in [6, 6.07) is 15.7. The van der Waals surface area contributed by atoms with Gasteiger partial charge >= 0.3 is 0 Å². The number of thioether (sulfide) groups is 1. The zero-order valence-corrected chi connectivity index (χ0v) is 14.4. The Labute approximate surface area is 146 Å². The van der Waals surface area contributed by atoms with Gasteiger partial charge in [-0.2, -0.15) is 0 Å². The minimum absolute atomic E-state index is 0.0276. The van der Waals surface area contributed by atoms with Gasteiger partial charge in [-0.25, -0.2) is 0 Å². The topological polar surface area (TPSA) is 58.2 Å². The lowest BCUT2D eigenvalue weighted by Gasteiger charge is -2.18. The van der Waals surface area contributed by atoms with Crippen LogP contribution in [0.5, 0.6) is 0 Å². The van der Waals surface area contributed by atoms with Gasteiger partial charge in [-0.3, -0.25) is 9.59 Å². The fourth-order valence-corrected chi connectivity index (χ4v) is 3.55. The van der Waals surface area contributed by atoms with Gasteiger partial charge in [-0.05, 0) is 30.2 Å². The van der Waals surface area contributed by atoms with Crippen molar-refractivity contribution in [1.82, 2.24) is 5.32 Å². The fraction of sp³-hybridized carbons (Fsp3) is 0.263. The number of rotatable bonds is 5. The van der Waals surface area contributed by atoms with Crippen molar-refractivity contribution in [3.05, 3.63) is 59.7 Å². The third-order valence-corrected chi connectivity index (χ3v) is 5.22. The van der Waals surface area contributed by atoms with Crippen LogP contribution in [0.25, 0.3) is 0 Å². The van der Waals surface area contributed by atoms with E-state index in [9.17, 15) is 9.59 Å². The highest BCUT2D eigenvalue weighted by Gasteiger charge is 2.18. The lowest BCUT2D eigenvalue weighted by Crippen LogP contribution is -2.28. The van der Waals surface area contributed by atoms with Crippen LogP contribution in [0.1, 0.15) is 35.2 Å². The van der Waals surface area contributed by atoms with Crippen molar-refractivity contribution in [3.8, 4) is 0 Å². The van der Waals surface area contributed by atoms with E-state index in [-0.39, 0.29) is 11.8 Å². The van der Waals surface area contributed by atoms with Gasteiger partial charge in [0.25, 0.3) is 5.91 Å². The molecule has 0 unspecified atom stereocenters. The lowest BCUT2D eigenvalue weighted by atomic mass is 9.96. The molecule has 0 bridgehead atoms. The molecule has 1 heterocycles. The lowest BCUT2D eigenvalue weighted by molar-refractivity contribution is -0.113. The van der Waals surface area contributed by atoms with Crippen molar-refractivity contribution in [1.29, 1.82) is 0 Å². The molecule has 2 N–H and O–H groups in total. The van der Waals surface area contributed by atoms with Crippen LogP contribution in [-0.2, 0) is 4.79 Å². The number of carbonyl (C=O) groups excluding carboxylic acids is 2. The van der Waals surface area contributed by atoms with E-state index in [1.807, 2.05) is 30.3 Å². The van der Waals surface area contributed by atoms with Gasteiger partial charge in [0.2, 0.25) is 5.91 Å². The predicted molar refractivity (Wildman–Crippen MR) is 97.6 cm³/mol. The van der Waals surface area contributed by atoms with E-state index in [2.05, 4.69) is 29.7 Å².